The quantitative estimate of drug-likeness (QED) is 0.825. The van der Waals surface area contributed by atoms with E-state index in [9.17, 15) is 0 Å². The second kappa shape index (κ2) is 4.65. The van der Waals surface area contributed by atoms with E-state index in [4.69, 9.17) is 0 Å². The van der Waals surface area contributed by atoms with E-state index in [1.54, 1.807) is 6.20 Å². The van der Waals surface area contributed by atoms with Crippen LogP contribution in [-0.2, 0) is 6.54 Å². The summed E-state index contributed by atoms with van der Waals surface area (Å²) < 4.78 is 1.95. The van der Waals surface area contributed by atoms with Gasteiger partial charge >= 0.3 is 0 Å². The van der Waals surface area contributed by atoms with Crippen molar-refractivity contribution in [2.45, 2.75) is 45.3 Å². The molecular formula is C13H19N5. The van der Waals surface area contributed by atoms with Gasteiger partial charge < -0.3 is 0 Å². The predicted octanol–water partition coefficient (Wildman–Crippen LogP) is 1.70. The van der Waals surface area contributed by atoms with E-state index in [0.29, 0.717) is 12.1 Å². The maximum Gasteiger partial charge on any atom is 0.178 e. The third-order valence-corrected chi connectivity index (χ3v) is 3.74. The fourth-order valence-electron chi connectivity index (χ4n) is 2.87. The van der Waals surface area contributed by atoms with E-state index < -0.39 is 0 Å². The summed E-state index contributed by atoms with van der Waals surface area (Å²) in [6.07, 6.45) is 4.33. The molecule has 1 aliphatic rings. The van der Waals surface area contributed by atoms with E-state index in [0.717, 1.165) is 17.7 Å². The first-order valence-corrected chi connectivity index (χ1v) is 6.65. The van der Waals surface area contributed by atoms with Gasteiger partial charge in [0.2, 0.25) is 0 Å². The summed E-state index contributed by atoms with van der Waals surface area (Å²) in [6.45, 7) is 6.61. The standard InChI is InChI=1S/C13H19N5/c1-10(2)17-8-4-5-11(17)9-18-13-12(15-16-18)6-3-7-14-13/h3,6-7,10-11H,4-5,8-9H2,1-2H3. The number of rotatable bonds is 3. The Morgan fingerprint density at radius 2 is 2.33 bits per heavy atom. The molecule has 0 saturated carbocycles. The van der Waals surface area contributed by atoms with Crippen molar-refractivity contribution in [3.05, 3.63) is 18.3 Å². The van der Waals surface area contributed by atoms with E-state index >= 15 is 0 Å². The van der Waals surface area contributed by atoms with Gasteiger partial charge in [-0.2, -0.15) is 0 Å². The predicted molar refractivity (Wildman–Crippen MR) is 70.2 cm³/mol. The summed E-state index contributed by atoms with van der Waals surface area (Å²) in [5, 5.41) is 8.39. The normalized spacial score (nSPS) is 21.2. The van der Waals surface area contributed by atoms with Crippen molar-refractivity contribution in [2.24, 2.45) is 0 Å². The van der Waals surface area contributed by atoms with E-state index in [1.807, 2.05) is 16.8 Å². The number of hydrogen-bond donors (Lipinski definition) is 0. The Bertz CT molecular complexity index is 533. The molecule has 0 bridgehead atoms. The maximum atomic E-state index is 4.37. The molecule has 1 aliphatic heterocycles. The van der Waals surface area contributed by atoms with Gasteiger partial charge in [0.15, 0.2) is 5.65 Å². The van der Waals surface area contributed by atoms with Crippen molar-refractivity contribution in [1.82, 2.24) is 24.9 Å². The summed E-state index contributed by atoms with van der Waals surface area (Å²) in [5.74, 6) is 0. The van der Waals surface area contributed by atoms with Crippen LogP contribution in [-0.4, -0.2) is 43.5 Å². The summed E-state index contributed by atoms with van der Waals surface area (Å²) in [6, 6.07) is 5.02. The van der Waals surface area contributed by atoms with Crippen LogP contribution in [0.3, 0.4) is 0 Å². The molecule has 0 aromatic carbocycles. The van der Waals surface area contributed by atoms with E-state index in [-0.39, 0.29) is 0 Å². The second-order valence-electron chi connectivity index (χ2n) is 5.25. The van der Waals surface area contributed by atoms with Gasteiger partial charge in [0, 0.05) is 18.3 Å². The van der Waals surface area contributed by atoms with Crippen LogP contribution >= 0.6 is 0 Å². The van der Waals surface area contributed by atoms with Gasteiger partial charge in [-0.15, -0.1) is 5.10 Å². The van der Waals surface area contributed by atoms with Gasteiger partial charge in [-0.1, -0.05) is 5.21 Å². The van der Waals surface area contributed by atoms with Crippen LogP contribution in [0.4, 0.5) is 0 Å². The number of pyridine rings is 1. The Kier molecular flexibility index (Phi) is 2.99. The minimum absolute atomic E-state index is 0.567. The molecule has 3 heterocycles. The molecule has 1 atom stereocenters. The minimum Gasteiger partial charge on any atom is -0.296 e. The number of aromatic nitrogens is 4. The molecule has 18 heavy (non-hydrogen) atoms. The van der Waals surface area contributed by atoms with Gasteiger partial charge in [0.05, 0.1) is 6.54 Å². The summed E-state index contributed by atoms with van der Waals surface area (Å²) in [5.41, 5.74) is 1.78. The SMILES string of the molecule is CC(C)N1CCCC1Cn1nnc2cccnc21. The fraction of sp³-hybridized carbons (Fsp3) is 0.615. The van der Waals surface area contributed by atoms with Crippen LogP contribution in [0.5, 0.6) is 0 Å². The van der Waals surface area contributed by atoms with E-state index in [2.05, 4.69) is 34.0 Å². The average molecular weight is 245 g/mol. The third-order valence-electron chi connectivity index (χ3n) is 3.74. The maximum absolute atomic E-state index is 4.37. The Hall–Kier alpha value is -1.49. The molecular weight excluding hydrogens is 226 g/mol. The third kappa shape index (κ3) is 1.99. The highest BCUT2D eigenvalue weighted by atomic mass is 15.4. The van der Waals surface area contributed by atoms with Crippen molar-refractivity contribution in [3.8, 4) is 0 Å². The molecule has 3 rings (SSSR count). The lowest BCUT2D eigenvalue weighted by Gasteiger charge is -2.27. The van der Waals surface area contributed by atoms with Gasteiger partial charge in [-0.05, 0) is 45.4 Å². The fourth-order valence-corrected chi connectivity index (χ4v) is 2.87. The largest absolute Gasteiger partial charge is 0.296 e. The smallest absolute Gasteiger partial charge is 0.178 e. The first-order chi connectivity index (χ1) is 8.75. The highest BCUT2D eigenvalue weighted by Gasteiger charge is 2.27. The molecule has 96 valence electrons. The Morgan fingerprint density at radius 1 is 1.44 bits per heavy atom. The Morgan fingerprint density at radius 3 is 3.17 bits per heavy atom. The van der Waals surface area contributed by atoms with Crippen LogP contribution in [0, 0.1) is 0 Å². The van der Waals surface area contributed by atoms with Gasteiger partial charge in [-0.25, -0.2) is 9.67 Å². The molecule has 5 nitrogen and oxygen atoms in total. The summed E-state index contributed by atoms with van der Waals surface area (Å²) in [4.78, 5) is 6.92. The van der Waals surface area contributed by atoms with Gasteiger partial charge in [0.1, 0.15) is 5.52 Å². The first kappa shape index (κ1) is 11.6. The van der Waals surface area contributed by atoms with Crippen LogP contribution in [0.15, 0.2) is 18.3 Å². The van der Waals surface area contributed by atoms with Crippen LogP contribution in [0.25, 0.3) is 11.2 Å². The molecule has 2 aromatic rings. The number of nitrogens with zero attached hydrogens (tertiary/aromatic N) is 5. The molecule has 1 fully saturated rings. The van der Waals surface area contributed by atoms with Crippen molar-refractivity contribution < 1.29 is 0 Å². The molecule has 1 unspecified atom stereocenters. The lowest BCUT2D eigenvalue weighted by Crippen LogP contribution is -2.38. The lowest BCUT2D eigenvalue weighted by atomic mass is 10.2. The monoisotopic (exact) mass is 245 g/mol. The van der Waals surface area contributed by atoms with Crippen molar-refractivity contribution in [1.29, 1.82) is 0 Å². The topological polar surface area (TPSA) is 46.8 Å². The number of fused-ring (bicyclic) bond motifs is 1. The highest BCUT2D eigenvalue weighted by molar-refractivity contribution is 5.68. The summed E-state index contributed by atoms with van der Waals surface area (Å²) >= 11 is 0. The number of likely N-dealkylation sites (tertiary alicyclic amines) is 1. The second-order valence-corrected chi connectivity index (χ2v) is 5.25. The van der Waals surface area contributed by atoms with Crippen molar-refractivity contribution in [3.63, 3.8) is 0 Å². The van der Waals surface area contributed by atoms with Crippen molar-refractivity contribution in [2.75, 3.05) is 6.54 Å². The Balaban J connectivity index is 1.84. The lowest BCUT2D eigenvalue weighted by molar-refractivity contribution is 0.184. The van der Waals surface area contributed by atoms with Crippen molar-refractivity contribution >= 4 is 11.2 Å². The zero-order valence-electron chi connectivity index (χ0n) is 11.0. The molecule has 1 saturated heterocycles. The molecule has 5 heteroatoms. The van der Waals surface area contributed by atoms with Crippen LogP contribution in [0.2, 0.25) is 0 Å². The van der Waals surface area contributed by atoms with E-state index in [1.165, 1.54) is 19.4 Å². The Labute approximate surface area is 107 Å². The zero-order chi connectivity index (χ0) is 12.5. The van der Waals surface area contributed by atoms with Crippen LogP contribution in [0.1, 0.15) is 26.7 Å². The highest BCUT2D eigenvalue weighted by Crippen LogP contribution is 2.22. The molecule has 0 aliphatic carbocycles. The molecule has 0 amide bonds. The summed E-state index contributed by atoms with van der Waals surface area (Å²) in [7, 11) is 0. The zero-order valence-corrected chi connectivity index (χ0v) is 11.0. The molecule has 2 aromatic heterocycles. The van der Waals surface area contributed by atoms with Crippen LogP contribution < -0.4 is 0 Å². The minimum atomic E-state index is 0.567. The molecule has 0 N–H and O–H groups in total. The molecule has 0 radical (unpaired) electrons. The molecule has 0 spiro atoms. The first-order valence-electron chi connectivity index (χ1n) is 6.65. The van der Waals surface area contributed by atoms with Gasteiger partial charge in [0.25, 0.3) is 0 Å². The average Bonchev–Trinajstić information content (AvgIpc) is 2.97. The van der Waals surface area contributed by atoms with Gasteiger partial charge in [-0.3, -0.25) is 4.90 Å². The number of hydrogen-bond acceptors (Lipinski definition) is 4.